The molecule has 0 bridgehead atoms. The number of carbonyl (C=O) groups excluding carboxylic acids is 3. The Morgan fingerprint density at radius 3 is 1.77 bits per heavy atom. The van der Waals surface area contributed by atoms with Crippen molar-refractivity contribution in [2.24, 2.45) is 0 Å². The summed E-state index contributed by atoms with van der Waals surface area (Å²) in [5, 5.41) is 33.0. The fourth-order valence-corrected chi connectivity index (χ4v) is 4.11. The molecule has 0 aliphatic heterocycles. The molecule has 0 atom stereocenters. The fraction of sp³-hybridized carbons (Fsp3) is 0. The highest BCUT2D eigenvalue weighted by Gasteiger charge is 2.39. The molecule has 0 saturated heterocycles. The van der Waals surface area contributed by atoms with Crippen LogP contribution in [-0.4, -0.2) is 32.7 Å². The molecule has 0 spiro atoms. The molecule has 35 heavy (non-hydrogen) atoms. The van der Waals surface area contributed by atoms with Crippen molar-refractivity contribution < 1.29 is 29.7 Å². The van der Waals surface area contributed by atoms with Crippen molar-refractivity contribution in [2.75, 3.05) is 0 Å². The Labute approximate surface area is 199 Å². The van der Waals surface area contributed by atoms with Crippen LogP contribution in [0.3, 0.4) is 0 Å². The molecule has 4 aromatic rings. The Hall–Kier alpha value is -5.15. The Bertz CT molecular complexity index is 1670. The largest absolute Gasteiger partial charge is 0.506 e. The van der Waals surface area contributed by atoms with E-state index in [4.69, 9.17) is 0 Å². The Morgan fingerprint density at radius 2 is 1.11 bits per heavy atom. The SMILES string of the molecule is O=C1C(=O)c2ccccc2C(=O)/C1=C(\C#Cc1ccccc1)c1c(O)c(O)c2ccccc2c1O. The molecule has 6 heteroatoms. The maximum absolute atomic E-state index is 13.4. The summed E-state index contributed by atoms with van der Waals surface area (Å²) >= 11 is 0. The van der Waals surface area contributed by atoms with Crippen LogP contribution in [0.4, 0.5) is 0 Å². The van der Waals surface area contributed by atoms with Crippen LogP contribution in [0.15, 0.2) is 84.4 Å². The summed E-state index contributed by atoms with van der Waals surface area (Å²) in [5.41, 5.74) is -0.850. The lowest BCUT2D eigenvalue weighted by Crippen LogP contribution is -2.30. The van der Waals surface area contributed by atoms with Gasteiger partial charge in [0, 0.05) is 27.5 Å². The van der Waals surface area contributed by atoms with Crippen molar-refractivity contribution in [2.45, 2.75) is 0 Å². The minimum absolute atomic E-state index is 0.00935. The second kappa shape index (κ2) is 8.32. The van der Waals surface area contributed by atoms with Gasteiger partial charge in [-0.05, 0) is 12.1 Å². The molecule has 0 radical (unpaired) electrons. The average Bonchev–Trinajstić information content (AvgIpc) is 2.89. The first kappa shape index (κ1) is 21.7. The number of hydrogen-bond acceptors (Lipinski definition) is 6. The molecule has 3 N–H and O–H groups in total. The maximum atomic E-state index is 13.4. The molecule has 0 heterocycles. The minimum Gasteiger partial charge on any atom is -0.506 e. The highest BCUT2D eigenvalue weighted by atomic mass is 16.3. The predicted molar refractivity (Wildman–Crippen MR) is 129 cm³/mol. The molecule has 5 rings (SSSR count). The van der Waals surface area contributed by atoms with Gasteiger partial charge in [-0.1, -0.05) is 78.6 Å². The summed E-state index contributed by atoms with van der Waals surface area (Å²) in [6.07, 6.45) is 0. The molecule has 0 saturated carbocycles. The van der Waals surface area contributed by atoms with Gasteiger partial charge in [-0.25, -0.2) is 0 Å². The van der Waals surface area contributed by atoms with E-state index in [-0.39, 0.29) is 27.5 Å². The Kier molecular flexibility index (Phi) is 5.16. The third kappa shape index (κ3) is 3.43. The number of Topliss-reactive ketones (excluding diaryl/α,β-unsaturated/α-hetero) is 3. The van der Waals surface area contributed by atoms with Crippen molar-refractivity contribution in [3.63, 3.8) is 0 Å². The van der Waals surface area contributed by atoms with Crippen molar-refractivity contribution >= 4 is 33.7 Å². The quantitative estimate of drug-likeness (QED) is 0.0969. The van der Waals surface area contributed by atoms with Gasteiger partial charge in [0.2, 0.25) is 11.6 Å². The fourth-order valence-electron chi connectivity index (χ4n) is 4.11. The first-order valence-electron chi connectivity index (χ1n) is 10.6. The van der Waals surface area contributed by atoms with Gasteiger partial charge >= 0.3 is 0 Å². The summed E-state index contributed by atoms with van der Waals surface area (Å²) in [4.78, 5) is 39.5. The van der Waals surface area contributed by atoms with Crippen molar-refractivity contribution in [1.29, 1.82) is 0 Å². The van der Waals surface area contributed by atoms with Crippen LogP contribution in [0.25, 0.3) is 16.3 Å². The monoisotopic (exact) mass is 460 g/mol. The number of carbonyl (C=O) groups is 3. The Morgan fingerprint density at radius 1 is 0.571 bits per heavy atom. The first-order valence-corrected chi connectivity index (χ1v) is 10.6. The third-order valence-corrected chi connectivity index (χ3v) is 5.82. The maximum Gasteiger partial charge on any atom is 0.238 e. The van der Waals surface area contributed by atoms with E-state index < -0.39 is 45.7 Å². The molecule has 1 aliphatic carbocycles. The summed E-state index contributed by atoms with van der Waals surface area (Å²) in [5.74, 6) is 0.922. The van der Waals surface area contributed by atoms with Gasteiger partial charge in [0.1, 0.15) is 5.75 Å². The molecular formula is C29H16O6. The number of phenols is 3. The van der Waals surface area contributed by atoms with Crippen molar-refractivity contribution in [3.05, 3.63) is 107 Å². The van der Waals surface area contributed by atoms with E-state index in [0.29, 0.717) is 5.56 Å². The summed E-state index contributed by atoms with van der Waals surface area (Å²) in [6.45, 7) is 0. The highest BCUT2D eigenvalue weighted by molar-refractivity contribution is 6.61. The number of hydrogen-bond donors (Lipinski definition) is 3. The molecular weight excluding hydrogens is 444 g/mol. The second-order valence-electron chi connectivity index (χ2n) is 7.87. The molecule has 4 aromatic carbocycles. The van der Waals surface area contributed by atoms with Crippen LogP contribution < -0.4 is 0 Å². The number of phenolic OH excluding ortho intramolecular Hbond substituents is 3. The van der Waals surface area contributed by atoms with Gasteiger partial charge in [0.05, 0.1) is 16.7 Å². The number of ketones is 3. The minimum atomic E-state index is -1.11. The van der Waals surface area contributed by atoms with Gasteiger partial charge in [-0.15, -0.1) is 0 Å². The van der Waals surface area contributed by atoms with Crippen LogP contribution in [0.5, 0.6) is 17.2 Å². The number of fused-ring (bicyclic) bond motifs is 2. The zero-order chi connectivity index (χ0) is 24.7. The number of rotatable bonds is 1. The van der Waals surface area contributed by atoms with Crippen LogP contribution in [-0.2, 0) is 4.79 Å². The van der Waals surface area contributed by atoms with E-state index in [9.17, 15) is 29.7 Å². The van der Waals surface area contributed by atoms with Crippen LogP contribution in [0, 0.1) is 11.8 Å². The van der Waals surface area contributed by atoms with Crippen molar-refractivity contribution in [1.82, 2.24) is 0 Å². The van der Waals surface area contributed by atoms with Crippen molar-refractivity contribution in [3.8, 4) is 29.1 Å². The van der Waals surface area contributed by atoms with E-state index in [1.807, 2.05) is 0 Å². The summed E-state index contributed by atoms with van der Waals surface area (Å²) in [6, 6.07) is 20.8. The van der Waals surface area contributed by atoms with Crippen LogP contribution in [0.2, 0.25) is 0 Å². The van der Waals surface area contributed by atoms with Gasteiger partial charge in [0.15, 0.2) is 17.3 Å². The standard InChI is InChI=1S/C29H16O6/c30-24-17-10-4-6-12-19(17)26(32)28(34)22(24)21(15-14-16-8-2-1-3-9-16)23-25(31)18-11-5-7-13-20(18)27(33)29(23)35/h1-13,30,32,34H/b23-21-. The molecule has 0 fully saturated rings. The molecule has 1 aliphatic rings. The van der Waals surface area contributed by atoms with E-state index in [1.165, 1.54) is 24.3 Å². The third-order valence-electron chi connectivity index (χ3n) is 5.82. The van der Waals surface area contributed by atoms with E-state index in [1.54, 1.807) is 54.6 Å². The zero-order valence-corrected chi connectivity index (χ0v) is 18.1. The number of benzene rings is 4. The number of allylic oxidation sites excluding steroid dienone is 2. The number of aromatic hydroxyl groups is 3. The van der Waals surface area contributed by atoms with E-state index in [0.717, 1.165) is 0 Å². The average molecular weight is 460 g/mol. The zero-order valence-electron chi connectivity index (χ0n) is 18.1. The Balaban J connectivity index is 1.90. The smallest absolute Gasteiger partial charge is 0.238 e. The van der Waals surface area contributed by atoms with Gasteiger partial charge in [-0.3, -0.25) is 14.4 Å². The molecule has 168 valence electrons. The predicted octanol–water partition coefficient (Wildman–Crippen LogP) is 4.41. The molecule has 0 amide bonds. The second-order valence-corrected chi connectivity index (χ2v) is 7.87. The first-order chi connectivity index (χ1) is 16.9. The lowest BCUT2D eigenvalue weighted by atomic mass is 9.80. The lowest BCUT2D eigenvalue weighted by molar-refractivity contribution is -0.111. The normalized spacial score (nSPS) is 14.3. The summed E-state index contributed by atoms with van der Waals surface area (Å²) < 4.78 is 0. The van der Waals surface area contributed by atoms with E-state index >= 15 is 0 Å². The van der Waals surface area contributed by atoms with Gasteiger partial charge in [-0.2, -0.15) is 0 Å². The molecule has 6 nitrogen and oxygen atoms in total. The summed E-state index contributed by atoms with van der Waals surface area (Å²) in [7, 11) is 0. The van der Waals surface area contributed by atoms with Gasteiger partial charge < -0.3 is 15.3 Å². The molecule has 0 unspecified atom stereocenters. The topological polar surface area (TPSA) is 112 Å². The van der Waals surface area contributed by atoms with E-state index in [2.05, 4.69) is 11.8 Å². The van der Waals surface area contributed by atoms with Crippen LogP contribution in [0.1, 0.15) is 31.8 Å². The molecule has 0 aromatic heterocycles. The van der Waals surface area contributed by atoms with Crippen LogP contribution >= 0.6 is 0 Å². The highest BCUT2D eigenvalue weighted by Crippen LogP contribution is 2.48. The van der Waals surface area contributed by atoms with Gasteiger partial charge in [0.25, 0.3) is 0 Å². The lowest BCUT2D eigenvalue weighted by Gasteiger charge is -2.19.